The number of fused-ring (bicyclic) bond motifs is 1. The summed E-state index contributed by atoms with van der Waals surface area (Å²) < 4.78 is 1.91. The van der Waals surface area contributed by atoms with E-state index in [0.717, 1.165) is 42.4 Å². The van der Waals surface area contributed by atoms with Gasteiger partial charge in [0.2, 0.25) is 0 Å². The molecule has 3 heterocycles. The molecule has 2 aromatic heterocycles. The van der Waals surface area contributed by atoms with Crippen LogP contribution in [0.4, 0.5) is 0 Å². The maximum atomic E-state index is 13.0. The number of pyridine rings is 1. The van der Waals surface area contributed by atoms with E-state index < -0.39 is 0 Å². The van der Waals surface area contributed by atoms with Crippen LogP contribution in [0.5, 0.6) is 0 Å². The van der Waals surface area contributed by atoms with Gasteiger partial charge in [-0.05, 0) is 61.7 Å². The number of hydrogen-bond donors (Lipinski definition) is 1. The van der Waals surface area contributed by atoms with Crippen molar-refractivity contribution in [1.29, 1.82) is 0 Å². The molecule has 1 unspecified atom stereocenters. The largest absolute Gasteiger partial charge is 0.350 e. The van der Waals surface area contributed by atoms with E-state index in [1.54, 1.807) is 0 Å². The number of aromatic nitrogens is 2. The molecule has 4 rings (SSSR count). The number of benzene rings is 1. The molecule has 1 aliphatic heterocycles. The maximum absolute atomic E-state index is 13.0. The minimum atomic E-state index is -0.0729. The van der Waals surface area contributed by atoms with Gasteiger partial charge in [-0.2, -0.15) is 0 Å². The number of carbonyl (C=O) groups excluding carboxylic acids is 1. The normalized spacial score (nSPS) is 15.3. The number of halogens is 1. The molecule has 0 saturated carbocycles. The van der Waals surface area contributed by atoms with Crippen LogP contribution in [-0.4, -0.2) is 39.8 Å². The van der Waals surface area contributed by atoms with Crippen LogP contribution in [0.1, 0.15) is 54.4 Å². The lowest BCUT2D eigenvalue weighted by molar-refractivity contribution is 0.0943. The fourth-order valence-electron chi connectivity index (χ4n) is 4.04. The summed E-state index contributed by atoms with van der Waals surface area (Å²) in [6.07, 6.45) is 4.25. The van der Waals surface area contributed by atoms with E-state index >= 15 is 0 Å². The zero-order valence-corrected chi connectivity index (χ0v) is 18.4. The number of amides is 1. The van der Waals surface area contributed by atoms with Gasteiger partial charge in [-0.1, -0.05) is 43.6 Å². The first-order valence-electron chi connectivity index (χ1n) is 10.7. The third kappa shape index (κ3) is 4.85. The van der Waals surface area contributed by atoms with Crippen molar-refractivity contribution in [2.75, 3.05) is 19.6 Å². The second-order valence-corrected chi connectivity index (χ2v) is 9.03. The molecular formula is C24H29ClN4O. The lowest BCUT2D eigenvalue weighted by Gasteiger charge is -2.29. The van der Waals surface area contributed by atoms with E-state index in [2.05, 4.69) is 36.2 Å². The van der Waals surface area contributed by atoms with Gasteiger partial charge in [0, 0.05) is 30.2 Å². The molecule has 0 aliphatic carbocycles. The van der Waals surface area contributed by atoms with Crippen molar-refractivity contribution in [3.63, 3.8) is 0 Å². The Balaban J connectivity index is 1.49. The first-order chi connectivity index (χ1) is 14.5. The first kappa shape index (κ1) is 20.9. The predicted molar refractivity (Wildman–Crippen MR) is 121 cm³/mol. The van der Waals surface area contributed by atoms with Crippen LogP contribution in [-0.2, 0) is 6.54 Å². The highest BCUT2D eigenvalue weighted by molar-refractivity contribution is 6.30. The summed E-state index contributed by atoms with van der Waals surface area (Å²) in [6, 6.07) is 13.6. The molecule has 1 saturated heterocycles. The average molecular weight is 425 g/mol. The van der Waals surface area contributed by atoms with Crippen LogP contribution in [0.2, 0.25) is 5.02 Å². The van der Waals surface area contributed by atoms with Crippen LogP contribution >= 0.6 is 11.6 Å². The van der Waals surface area contributed by atoms with Gasteiger partial charge >= 0.3 is 0 Å². The smallest absolute Gasteiger partial charge is 0.268 e. The molecule has 1 N–H and O–H groups in total. The van der Waals surface area contributed by atoms with Crippen molar-refractivity contribution in [3.8, 4) is 0 Å². The van der Waals surface area contributed by atoms with Crippen molar-refractivity contribution in [2.24, 2.45) is 5.92 Å². The molecule has 1 aliphatic rings. The second kappa shape index (κ2) is 9.19. The maximum Gasteiger partial charge on any atom is 0.268 e. The monoisotopic (exact) mass is 424 g/mol. The van der Waals surface area contributed by atoms with E-state index in [1.807, 2.05) is 40.9 Å². The number of imidazole rings is 1. The van der Waals surface area contributed by atoms with E-state index in [1.165, 1.54) is 12.0 Å². The fourth-order valence-corrected chi connectivity index (χ4v) is 4.17. The summed E-state index contributed by atoms with van der Waals surface area (Å²) >= 11 is 6.05. The first-order valence-corrected chi connectivity index (χ1v) is 11.1. The van der Waals surface area contributed by atoms with E-state index in [-0.39, 0.29) is 11.8 Å². The summed E-state index contributed by atoms with van der Waals surface area (Å²) in [6.45, 7) is 8.10. The highest BCUT2D eigenvalue weighted by Gasteiger charge is 2.19. The molecule has 1 fully saturated rings. The van der Waals surface area contributed by atoms with Crippen LogP contribution < -0.4 is 5.32 Å². The van der Waals surface area contributed by atoms with Gasteiger partial charge in [-0.15, -0.1) is 0 Å². The van der Waals surface area contributed by atoms with Crippen molar-refractivity contribution in [3.05, 3.63) is 70.6 Å². The minimum absolute atomic E-state index is 0.0729. The quantitative estimate of drug-likeness (QED) is 0.567. The zero-order valence-electron chi connectivity index (χ0n) is 17.6. The molecule has 30 heavy (non-hydrogen) atoms. The molecule has 1 aromatic carbocycles. The Kier molecular flexibility index (Phi) is 6.40. The molecule has 0 radical (unpaired) electrons. The minimum Gasteiger partial charge on any atom is -0.350 e. The summed E-state index contributed by atoms with van der Waals surface area (Å²) in [4.78, 5) is 20.1. The molecule has 1 atom stereocenters. The second-order valence-electron chi connectivity index (χ2n) is 8.59. The third-order valence-electron chi connectivity index (χ3n) is 5.72. The van der Waals surface area contributed by atoms with Crippen LogP contribution in [0.25, 0.3) is 5.65 Å². The number of nitrogens with zero attached hydrogens (tertiary/aromatic N) is 3. The van der Waals surface area contributed by atoms with E-state index in [4.69, 9.17) is 16.6 Å². The molecule has 5 nitrogen and oxygen atoms in total. The van der Waals surface area contributed by atoms with E-state index in [9.17, 15) is 4.79 Å². The Morgan fingerprint density at radius 3 is 2.60 bits per heavy atom. The van der Waals surface area contributed by atoms with Crippen LogP contribution in [0.15, 0.2) is 48.7 Å². The molecule has 1 amide bonds. The van der Waals surface area contributed by atoms with Crippen molar-refractivity contribution < 1.29 is 4.79 Å². The Hall–Kier alpha value is -2.37. The molecule has 0 bridgehead atoms. The van der Waals surface area contributed by atoms with Crippen molar-refractivity contribution in [1.82, 2.24) is 19.6 Å². The Labute approximate surface area is 183 Å². The van der Waals surface area contributed by atoms with Gasteiger partial charge in [0.1, 0.15) is 11.3 Å². The SMILES string of the molecule is CC(C)CC(CNC(=O)c1cccc2nc(CN3CCC3)cn12)c1ccc(Cl)cc1. The Bertz CT molecular complexity index is 1010. The zero-order chi connectivity index (χ0) is 21.1. The molecule has 0 spiro atoms. The van der Waals surface area contributed by atoms with Gasteiger partial charge in [0.15, 0.2) is 0 Å². The highest BCUT2D eigenvalue weighted by Crippen LogP contribution is 2.25. The van der Waals surface area contributed by atoms with Crippen LogP contribution in [0.3, 0.4) is 0 Å². The van der Waals surface area contributed by atoms with E-state index in [0.29, 0.717) is 18.2 Å². The summed E-state index contributed by atoms with van der Waals surface area (Å²) in [7, 11) is 0. The Morgan fingerprint density at radius 1 is 1.17 bits per heavy atom. The van der Waals surface area contributed by atoms with Gasteiger partial charge < -0.3 is 5.32 Å². The average Bonchev–Trinajstić information content (AvgIpc) is 3.11. The number of hydrogen-bond acceptors (Lipinski definition) is 3. The Morgan fingerprint density at radius 2 is 1.93 bits per heavy atom. The third-order valence-corrected chi connectivity index (χ3v) is 5.97. The highest BCUT2D eigenvalue weighted by atomic mass is 35.5. The lowest BCUT2D eigenvalue weighted by atomic mass is 9.90. The van der Waals surface area contributed by atoms with Crippen LogP contribution in [0, 0.1) is 5.92 Å². The van der Waals surface area contributed by atoms with Gasteiger partial charge in [-0.3, -0.25) is 14.1 Å². The number of carbonyl (C=O) groups is 1. The standard InChI is InChI=1S/C24H29ClN4O/c1-17(2)13-19(18-7-9-20(25)10-8-18)14-26-24(30)22-5-3-6-23-27-21(16-29(22)23)15-28-11-4-12-28/h3,5-10,16-17,19H,4,11-15H2,1-2H3,(H,26,30). The molecule has 3 aromatic rings. The number of likely N-dealkylation sites (tertiary alicyclic amines) is 1. The summed E-state index contributed by atoms with van der Waals surface area (Å²) in [5.41, 5.74) is 3.64. The fraction of sp³-hybridized carbons (Fsp3) is 0.417. The molecular weight excluding hydrogens is 396 g/mol. The van der Waals surface area contributed by atoms with Gasteiger partial charge in [-0.25, -0.2) is 4.98 Å². The topological polar surface area (TPSA) is 49.6 Å². The van der Waals surface area contributed by atoms with Crippen molar-refractivity contribution >= 4 is 23.2 Å². The van der Waals surface area contributed by atoms with Crippen molar-refractivity contribution in [2.45, 2.75) is 39.2 Å². The molecule has 158 valence electrons. The van der Waals surface area contributed by atoms with Gasteiger partial charge in [0.05, 0.1) is 5.69 Å². The van der Waals surface area contributed by atoms with Gasteiger partial charge in [0.25, 0.3) is 5.91 Å². The lowest BCUT2D eigenvalue weighted by Crippen LogP contribution is -2.36. The number of rotatable bonds is 8. The number of nitrogens with one attached hydrogen (secondary N) is 1. The molecule has 6 heteroatoms. The predicted octanol–water partition coefficient (Wildman–Crippen LogP) is 4.75. The summed E-state index contributed by atoms with van der Waals surface area (Å²) in [5.74, 6) is 0.704. The summed E-state index contributed by atoms with van der Waals surface area (Å²) in [5, 5.41) is 3.88.